The Labute approximate surface area is 198 Å². The van der Waals surface area contributed by atoms with E-state index < -0.39 is 6.10 Å². The van der Waals surface area contributed by atoms with Crippen LogP contribution in [-0.2, 0) is 17.7 Å². The van der Waals surface area contributed by atoms with Gasteiger partial charge in [-0.3, -0.25) is 0 Å². The van der Waals surface area contributed by atoms with Gasteiger partial charge in [-0.15, -0.1) is 0 Å². The van der Waals surface area contributed by atoms with E-state index in [-0.39, 0.29) is 12.1 Å². The number of hydrogen-bond donors (Lipinski definition) is 3. The maximum Gasteiger partial charge on any atom is 0.320 e. The topological polar surface area (TPSA) is 93.7 Å². The number of hydrogen-bond acceptors (Lipinski definition) is 5. The molecule has 5 heterocycles. The number of β-amino-alcohol motifs (C(OH)–C–C–N with tert-alkyl or cyclic N) is 1. The van der Waals surface area contributed by atoms with Crippen LogP contribution in [0.1, 0.15) is 34.7 Å². The molecule has 0 spiro atoms. The minimum atomic E-state index is -0.405. The number of aromatic nitrogens is 2. The molecule has 3 aliphatic rings. The van der Waals surface area contributed by atoms with Crippen LogP contribution in [0.5, 0.6) is 0 Å². The molecule has 2 atom stereocenters. The molecular weight excluding hydrogens is 430 g/mol. The molecule has 3 aliphatic heterocycles. The Morgan fingerprint density at radius 3 is 2.91 bits per heavy atom. The number of pyridine rings is 1. The predicted octanol–water partition coefficient (Wildman–Crippen LogP) is 2.74. The van der Waals surface area contributed by atoms with Gasteiger partial charge in [-0.2, -0.15) is 0 Å². The summed E-state index contributed by atoms with van der Waals surface area (Å²) in [6.45, 7) is 6.57. The number of urea groups is 1. The van der Waals surface area contributed by atoms with Crippen LogP contribution >= 0.6 is 0 Å². The van der Waals surface area contributed by atoms with Crippen LogP contribution in [0, 0.1) is 6.92 Å². The van der Waals surface area contributed by atoms with Crippen LogP contribution in [-0.4, -0.2) is 76.4 Å². The van der Waals surface area contributed by atoms with E-state index in [0.29, 0.717) is 45.8 Å². The predicted molar refractivity (Wildman–Crippen MR) is 130 cm³/mol. The number of ether oxygens (including phenoxy) is 1. The Morgan fingerprint density at radius 1 is 1.21 bits per heavy atom. The molecule has 34 heavy (non-hydrogen) atoms. The second-order valence-corrected chi connectivity index (χ2v) is 9.72. The Morgan fingerprint density at radius 2 is 2.12 bits per heavy atom. The van der Waals surface area contributed by atoms with E-state index in [0.717, 1.165) is 35.1 Å². The zero-order chi connectivity index (χ0) is 23.2. The van der Waals surface area contributed by atoms with E-state index in [1.165, 1.54) is 22.3 Å². The van der Waals surface area contributed by atoms with Gasteiger partial charge in [0.05, 0.1) is 25.4 Å². The van der Waals surface area contributed by atoms with E-state index in [1.807, 2.05) is 17.3 Å². The molecule has 2 aromatic heterocycles. The third kappa shape index (κ3) is 3.85. The van der Waals surface area contributed by atoms with Crippen LogP contribution in [0.15, 0.2) is 30.6 Å². The number of carbonyl (C=O) groups excluding carboxylic acids is 1. The van der Waals surface area contributed by atoms with Crippen LogP contribution in [0.2, 0.25) is 0 Å². The zero-order valence-electron chi connectivity index (χ0n) is 19.5. The highest BCUT2D eigenvalue weighted by Gasteiger charge is 2.32. The fraction of sp³-hybridized carbons (Fsp3) is 0.462. The average molecular weight is 462 g/mol. The normalized spacial score (nSPS) is 22.9. The third-order valence-corrected chi connectivity index (χ3v) is 7.45. The molecule has 8 heteroatoms. The van der Waals surface area contributed by atoms with Gasteiger partial charge >= 0.3 is 6.03 Å². The summed E-state index contributed by atoms with van der Waals surface area (Å²) in [5.41, 5.74) is 8.06. The first kappa shape index (κ1) is 21.6. The van der Waals surface area contributed by atoms with Gasteiger partial charge in [0.25, 0.3) is 0 Å². The number of aliphatic hydroxyl groups is 1. The fourth-order valence-corrected chi connectivity index (χ4v) is 5.51. The Bertz CT molecular complexity index is 1230. The molecule has 3 aromatic rings. The molecule has 0 aliphatic carbocycles. The summed E-state index contributed by atoms with van der Waals surface area (Å²) in [7, 11) is 0. The number of nitrogens with one attached hydrogen (secondary N) is 2. The lowest BCUT2D eigenvalue weighted by Crippen LogP contribution is -2.45. The lowest BCUT2D eigenvalue weighted by atomic mass is 9.87. The Balaban J connectivity index is 1.37. The number of nitrogens with zero attached hydrogens (tertiary/aromatic N) is 3. The van der Waals surface area contributed by atoms with Gasteiger partial charge in [0.2, 0.25) is 0 Å². The molecule has 1 aromatic carbocycles. The van der Waals surface area contributed by atoms with E-state index in [4.69, 9.17) is 4.74 Å². The van der Waals surface area contributed by atoms with Crippen LogP contribution in [0.25, 0.3) is 22.2 Å². The summed E-state index contributed by atoms with van der Waals surface area (Å²) in [6, 6.07) is 6.86. The van der Waals surface area contributed by atoms with Crippen molar-refractivity contribution in [3.05, 3.63) is 52.8 Å². The molecule has 2 saturated heterocycles. The molecule has 0 saturated carbocycles. The molecule has 2 fully saturated rings. The van der Waals surface area contributed by atoms with Crippen LogP contribution in [0.3, 0.4) is 0 Å². The van der Waals surface area contributed by atoms with Crippen molar-refractivity contribution in [1.82, 2.24) is 25.1 Å². The molecule has 2 unspecified atom stereocenters. The number of benzene rings is 1. The highest BCUT2D eigenvalue weighted by Crippen LogP contribution is 2.35. The number of aliphatic hydroxyl groups excluding tert-OH is 1. The quantitative estimate of drug-likeness (QED) is 0.546. The van der Waals surface area contributed by atoms with Crippen LogP contribution in [0.4, 0.5) is 4.79 Å². The molecule has 0 radical (unpaired) electrons. The fourth-order valence-electron chi connectivity index (χ4n) is 5.51. The maximum atomic E-state index is 13.2. The van der Waals surface area contributed by atoms with Crippen molar-refractivity contribution in [3.63, 3.8) is 0 Å². The maximum absolute atomic E-state index is 13.2. The highest BCUT2D eigenvalue weighted by atomic mass is 16.5. The molecule has 8 nitrogen and oxygen atoms in total. The number of aryl methyl sites for hydroxylation is 1. The first-order valence-corrected chi connectivity index (χ1v) is 12.2. The summed E-state index contributed by atoms with van der Waals surface area (Å²) < 4.78 is 5.81. The summed E-state index contributed by atoms with van der Waals surface area (Å²) in [5.74, 6) is 0. The van der Waals surface area contributed by atoms with Crippen LogP contribution < -0.4 is 5.32 Å². The summed E-state index contributed by atoms with van der Waals surface area (Å²) in [4.78, 5) is 24.7. The van der Waals surface area contributed by atoms with Crippen molar-refractivity contribution >= 4 is 17.1 Å². The van der Waals surface area contributed by atoms with Crippen molar-refractivity contribution in [1.29, 1.82) is 0 Å². The van der Waals surface area contributed by atoms with Crippen molar-refractivity contribution in [3.8, 4) is 11.1 Å². The molecular formula is C26H31N5O3. The van der Waals surface area contributed by atoms with Gasteiger partial charge in [0, 0.05) is 56.1 Å². The highest BCUT2D eigenvalue weighted by molar-refractivity contribution is 5.84. The first-order chi connectivity index (χ1) is 16.6. The molecule has 2 amide bonds. The summed E-state index contributed by atoms with van der Waals surface area (Å²) in [6.07, 6.45) is 5.00. The van der Waals surface area contributed by atoms with Gasteiger partial charge in [-0.1, -0.05) is 6.07 Å². The monoisotopic (exact) mass is 461 g/mol. The average Bonchev–Trinajstić information content (AvgIpc) is 3.48. The lowest BCUT2D eigenvalue weighted by molar-refractivity contribution is 0.0762. The zero-order valence-corrected chi connectivity index (χ0v) is 19.5. The number of H-pyrrole nitrogens is 1. The first-order valence-electron chi connectivity index (χ1n) is 12.2. The second-order valence-electron chi connectivity index (χ2n) is 9.72. The van der Waals surface area contributed by atoms with Gasteiger partial charge in [0.15, 0.2) is 0 Å². The second kappa shape index (κ2) is 8.69. The third-order valence-electron chi connectivity index (χ3n) is 7.45. The van der Waals surface area contributed by atoms with E-state index >= 15 is 0 Å². The number of morpholine rings is 1. The number of likely N-dealkylation sites (tertiary alicyclic amines) is 1. The molecule has 0 bridgehead atoms. The smallest absolute Gasteiger partial charge is 0.320 e. The summed E-state index contributed by atoms with van der Waals surface area (Å²) in [5, 5.41) is 14.6. The molecule has 3 N–H and O–H groups in total. The van der Waals surface area contributed by atoms with E-state index in [2.05, 4.69) is 40.4 Å². The minimum Gasteiger partial charge on any atom is -0.391 e. The number of carbonyl (C=O) groups is 1. The van der Waals surface area contributed by atoms with Gasteiger partial charge in [0.1, 0.15) is 5.65 Å². The Hall–Kier alpha value is -2.94. The van der Waals surface area contributed by atoms with Gasteiger partial charge < -0.3 is 29.9 Å². The minimum absolute atomic E-state index is 0.0302. The number of rotatable bonds is 2. The molecule has 178 valence electrons. The number of aromatic amines is 1. The van der Waals surface area contributed by atoms with Gasteiger partial charge in [-0.05, 0) is 59.7 Å². The van der Waals surface area contributed by atoms with Crippen molar-refractivity contribution in [2.45, 2.75) is 38.5 Å². The Kier molecular flexibility index (Phi) is 5.51. The van der Waals surface area contributed by atoms with E-state index in [9.17, 15) is 9.90 Å². The molecule has 6 rings (SSSR count). The lowest BCUT2D eigenvalue weighted by Gasteiger charge is -2.35. The SMILES string of the molecule is Cc1c[nH]c2ncc(-c3cc4c(c(C5COCCN5)c3)CN(C(=O)N3CCC(O)C3)CC4)cc12. The van der Waals surface area contributed by atoms with Crippen molar-refractivity contribution in [2.75, 3.05) is 39.4 Å². The largest absolute Gasteiger partial charge is 0.391 e. The van der Waals surface area contributed by atoms with Crippen molar-refractivity contribution < 1.29 is 14.6 Å². The van der Waals surface area contributed by atoms with E-state index in [1.54, 1.807) is 4.90 Å². The van der Waals surface area contributed by atoms with Gasteiger partial charge in [-0.25, -0.2) is 9.78 Å². The summed E-state index contributed by atoms with van der Waals surface area (Å²) >= 11 is 0. The van der Waals surface area contributed by atoms with Crippen molar-refractivity contribution in [2.24, 2.45) is 0 Å². The number of amides is 2. The standard InChI is InChI=1S/C26H31N5O3/c1-16-11-28-25-21(16)10-19(12-29-25)18-8-17-2-5-31(26(33)30-6-3-20(32)13-30)14-23(17)22(9-18)24-15-34-7-4-27-24/h8-12,20,24,27,32H,2-7,13-15H2,1H3,(H,28,29). The number of fused-ring (bicyclic) bond motifs is 2.